The summed E-state index contributed by atoms with van der Waals surface area (Å²) in [4.78, 5) is 23.3. The van der Waals surface area contributed by atoms with Crippen LogP contribution in [0.5, 0.6) is 0 Å². The highest BCUT2D eigenvalue weighted by Crippen LogP contribution is 2.30. The van der Waals surface area contributed by atoms with Crippen LogP contribution in [0, 0.1) is 40.4 Å². The van der Waals surface area contributed by atoms with E-state index < -0.39 is 29.6 Å². The van der Waals surface area contributed by atoms with E-state index in [-0.39, 0.29) is 0 Å². The van der Waals surface area contributed by atoms with E-state index in [0.29, 0.717) is 12.8 Å². The second-order valence-corrected chi connectivity index (χ2v) is 4.76. The van der Waals surface area contributed by atoms with Crippen LogP contribution in [-0.4, -0.2) is 11.8 Å². The molecule has 2 atom stereocenters. The summed E-state index contributed by atoms with van der Waals surface area (Å²) >= 11 is 0. The lowest BCUT2D eigenvalue weighted by atomic mass is 9.75. The third kappa shape index (κ3) is 2.67. The number of imide groups is 1. The van der Waals surface area contributed by atoms with Gasteiger partial charge in [0.25, 0.3) is 0 Å². The summed E-state index contributed by atoms with van der Waals surface area (Å²) < 4.78 is 0. The van der Waals surface area contributed by atoms with Gasteiger partial charge in [-0.2, -0.15) is 10.5 Å². The van der Waals surface area contributed by atoms with Crippen LogP contribution in [-0.2, 0) is 16.0 Å². The normalized spacial score (nSPS) is 22.7. The highest BCUT2D eigenvalue weighted by molar-refractivity contribution is 6.02. The number of hydrogen-bond acceptors (Lipinski definition) is 4. The number of amides is 2. The van der Waals surface area contributed by atoms with E-state index in [1.807, 2.05) is 42.5 Å². The first kappa shape index (κ1) is 13.8. The lowest BCUT2D eigenvalue weighted by Crippen LogP contribution is -2.51. The maximum Gasteiger partial charge on any atom is 0.244 e. The quantitative estimate of drug-likeness (QED) is 0.832. The molecule has 20 heavy (non-hydrogen) atoms. The summed E-state index contributed by atoms with van der Waals surface area (Å²) in [6.07, 6.45) is 1.09. The summed E-state index contributed by atoms with van der Waals surface area (Å²) in [6.45, 7) is 0. The molecule has 1 N–H and O–H groups in total. The van der Waals surface area contributed by atoms with E-state index in [9.17, 15) is 9.59 Å². The van der Waals surface area contributed by atoms with Crippen molar-refractivity contribution in [3.05, 3.63) is 35.9 Å². The van der Waals surface area contributed by atoms with Crippen molar-refractivity contribution in [2.45, 2.75) is 12.8 Å². The van der Waals surface area contributed by atoms with Crippen molar-refractivity contribution in [2.75, 3.05) is 0 Å². The largest absolute Gasteiger partial charge is 0.294 e. The average Bonchev–Trinajstić information content (AvgIpc) is 2.46. The number of nitriles is 2. The van der Waals surface area contributed by atoms with Crippen LogP contribution in [0.1, 0.15) is 12.0 Å². The predicted molar refractivity (Wildman–Crippen MR) is 69.6 cm³/mol. The molecule has 1 aromatic carbocycles. The Labute approximate surface area is 116 Å². The molecule has 0 spiro atoms. The first-order valence-corrected chi connectivity index (χ1v) is 6.35. The van der Waals surface area contributed by atoms with Crippen molar-refractivity contribution in [3.63, 3.8) is 0 Å². The number of aryl methyl sites for hydroxylation is 1. The van der Waals surface area contributed by atoms with Crippen LogP contribution in [0.25, 0.3) is 0 Å². The summed E-state index contributed by atoms with van der Waals surface area (Å²) in [5, 5.41) is 20.3. The van der Waals surface area contributed by atoms with E-state index in [1.165, 1.54) is 0 Å². The Kier molecular flexibility index (Phi) is 4.12. The minimum atomic E-state index is -0.943. The molecule has 5 nitrogen and oxygen atoms in total. The molecule has 1 aromatic rings. The van der Waals surface area contributed by atoms with Crippen LogP contribution >= 0.6 is 0 Å². The number of rotatable bonds is 3. The third-order valence-corrected chi connectivity index (χ3v) is 3.55. The Balaban J connectivity index is 2.16. The van der Waals surface area contributed by atoms with Gasteiger partial charge in [-0.3, -0.25) is 14.9 Å². The van der Waals surface area contributed by atoms with Crippen molar-refractivity contribution in [1.82, 2.24) is 5.32 Å². The topological polar surface area (TPSA) is 93.8 Å². The van der Waals surface area contributed by atoms with Crippen molar-refractivity contribution in [2.24, 2.45) is 17.8 Å². The van der Waals surface area contributed by atoms with Gasteiger partial charge in [0.2, 0.25) is 11.8 Å². The van der Waals surface area contributed by atoms with Crippen molar-refractivity contribution in [1.29, 1.82) is 10.5 Å². The summed E-state index contributed by atoms with van der Waals surface area (Å²) in [5.74, 6) is -3.63. The van der Waals surface area contributed by atoms with Crippen LogP contribution in [0.4, 0.5) is 0 Å². The first-order valence-electron chi connectivity index (χ1n) is 6.35. The van der Waals surface area contributed by atoms with Gasteiger partial charge >= 0.3 is 0 Å². The minimum Gasteiger partial charge on any atom is -0.294 e. The highest BCUT2D eigenvalue weighted by Gasteiger charge is 2.43. The Morgan fingerprint density at radius 1 is 1.00 bits per heavy atom. The van der Waals surface area contributed by atoms with Gasteiger partial charge in [-0.05, 0) is 18.4 Å². The zero-order valence-corrected chi connectivity index (χ0v) is 10.7. The van der Waals surface area contributed by atoms with Gasteiger partial charge in [0.1, 0.15) is 11.8 Å². The van der Waals surface area contributed by atoms with Crippen LogP contribution in [0.2, 0.25) is 0 Å². The number of hydrogen-bond donors (Lipinski definition) is 1. The molecule has 100 valence electrons. The molecule has 0 radical (unpaired) electrons. The SMILES string of the molecule is N#C[C@H]1C(=O)NC(=O)[C@H](C#N)C1CCc1ccccc1. The third-order valence-electron chi connectivity index (χ3n) is 3.55. The van der Waals surface area contributed by atoms with E-state index in [1.54, 1.807) is 0 Å². The maximum absolute atomic E-state index is 11.7. The second-order valence-electron chi connectivity index (χ2n) is 4.76. The molecule has 2 rings (SSSR count). The predicted octanol–water partition coefficient (Wildman–Crippen LogP) is 1.17. The van der Waals surface area contributed by atoms with E-state index in [0.717, 1.165) is 5.56 Å². The van der Waals surface area contributed by atoms with Gasteiger partial charge in [0.05, 0.1) is 12.1 Å². The molecular weight excluding hydrogens is 254 g/mol. The Morgan fingerprint density at radius 2 is 1.55 bits per heavy atom. The monoisotopic (exact) mass is 267 g/mol. The number of carbonyl (C=O) groups excluding carboxylic acids is 2. The van der Waals surface area contributed by atoms with E-state index in [4.69, 9.17) is 10.5 Å². The van der Waals surface area contributed by atoms with Gasteiger partial charge in [0, 0.05) is 5.92 Å². The molecule has 0 aromatic heterocycles. The van der Waals surface area contributed by atoms with Crippen molar-refractivity contribution in [3.8, 4) is 12.1 Å². The zero-order chi connectivity index (χ0) is 14.5. The smallest absolute Gasteiger partial charge is 0.244 e. The fraction of sp³-hybridized carbons (Fsp3) is 0.333. The van der Waals surface area contributed by atoms with Crippen molar-refractivity contribution < 1.29 is 9.59 Å². The molecule has 2 amide bonds. The van der Waals surface area contributed by atoms with Crippen molar-refractivity contribution >= 4 is 11.8 Å². The lowest BCUT2D eigenvalue weighted by Gasteiger charge is -2.29. The number of nitrogens with zero attached hydrogens (tertiary/aromatic N) is 2. The first-order chi connectivity index (χ1) is 9.67. The molecule has 1 saturated heterocycles. The standard InChI is InChI=1S/C15H13N3O2/c16-8-12-11(7-6-10-4-2-1-3-5-10)13(9-17)15(20)18-14(12)19/h1-5,11-13H,6-7H2,(H,18,19,20)/t12-,13-/m1/s1. The molecule has 0 aliphatic carbocycles. The fourth-order valence-corrected chi connectivity index (χ4v) is 2.48. The molecule has 0 unspecified atom stereocenters. The van der Waals surface area contributed by atoms with E-state index >= 15 is 0 Å². The van der Waals surface area contributed by atoms with Gasteiger partial charge in [-0.25, -0.2) is 0 Å². The Hall–Kier alpha value is -2.66. The molecule has 1 heterocycles. The molecular formula is C15H13N3O2. The number of nitrogens with one attached hydrogen (secondary N) is 1. The minimum absolute atomic E-state index is 0.458. The molecule has 5 heteroatoms. The molecule has 0 saturated carbocycles. The van der Waals surface area contributed by atoms with Gasteiger partial charge in [-0.15, -0.1) is 0 Å². The Morgan fingerprint density at radius 3 is 2.05 bits per heavy atom. The van der Waals surface area contributed by atoms with Crippen LogP contribution in [0.15, 0.2) is 30.3 Å². The highest BCUT2D eigenvalue weighted by atomic mass is 16.2. The molecule has 0 bridgehead atoms. The zero-order valence-electron chi connectivity index (χ0n) is 10.7. The number of piperidine rings is 1. The number of benzene rings is 1. The van der Waals surface area contributed by atoms with Gasteiger partial charge < -0.3 is 0 Å². The summed E-state index contributed by atoms with van der Waals surface area (Å²) in [5.41, 5.74) is 1.05. The molecule has 1 aliphatic rings. The summed E-state index contributed by atoms with van der Waals surface area (Å²) in [6, 6.07) is 13.4. The molecule has 1 aliphatic heterocycles. The average molecular weight is 267 g/mol. The molecule has 1 fully saturated rings. The van der Waals surface area contributed by atoms with E-state index in [2.05, 4.69) is 5.32 Å². The second kappa shape index (κ2) is 5.99. The number of carbonyl (C=O) groups is 2. The fourth-order valence-electron chi connectivity index (χ4n) is 2.48. The lowest BCUT2D eigenvalue weighted by molar-refractivity contribution is -0.139. The van der Waals surface area contributed by atoms with Gasteiger partial charge in [-0.1, -0.05) is 30.3 Å². The van der Waals surface area contributed by atoms with Crippen LogP contribution in [0.3, 0.4) is 0 Å². The van der Waals surface area contributed by atoms with Gasteiger partial charge in [0.15, 0.2) is 0 Å². The maximum atomic E-state index is 11.7. The Bertz CT molecular complexity index is 566. The summed E-state index contributed by atoms with van der Waals surface area (Å²) in [7, 11) is 0. The van der Waals surface area contributed by atoms with Crippen LogP contribution < -0.4 is 5.32 Å².